The molecule has 0 spiro atoms. The zero-order chi connectivity index (χ0) is 18.9. The van der Waals surface area contributed by atoms with Crippen LogP contribution >= 0.6 is 0 Å². The molecule has 0 bridgehead atoms. The van der Waals surface area contributed by atoms with Gasteiger partial charge in [0.1, 0.15) is 0 Å². The smallest absolute Gasteiger partial charge is 0.235 e. The predicted molar refractivity (Wildman–Crippen MR) is 113 cm³/mol. The van der Waals surface area contributed by atoms with Gasteiger partial charge in [-0.3, -0.25) is 14.3 Å². The van der Waals surface area contributed by atoms with Crippen LogP contribution in [0.1, 0.15) is 10.4 Å². The number of hydrogen-bond donors (Lipinski definition) is 0. The van der Waals surface area contributed by atoms with Gasteiger partial charge in [0, 0.05) is 24.0 Å². The van der Waals surface area contributed by atoms with Crippen LogP contribution < -0.4 is 0 Å². The minimum absolute atomic E-state index is 0.0722. The zero-order valence-corrected chi connectivity index (χ0v) is 15.2. The Morgan fingerprint density at radius 2 is 1.54 bits per heavy atom. The first-order valence-electron chi connectivity index (χ1n) is 9.31. The van der Waals surface area contributed by atoms with Crippen molar-refractivity contribution in [2.75, 3.05) is 0 Å². The topological polar surface area (TPSA) is 34.9 Å². The summed E-state index contributed by atoms with van der Waals surface area (Å²) < 4.78 is 1.75. The molecule has 3 aromatic carbocycles. The summed E-state index contributed by atoms with van der Waals surface area (Å²) in [6, 6.07) is 26.4. The second kappa shape index (κ2) is 6.78. The molecule has 0 atom stereocenters. The van der Waals surface area contributed by atoms with Crippen molar-refractivity contribution >= 4 is 27.6 Å². The van der Waals surface area contributed by atoms with E-state index in [9.17, 15) is 4.79 Å². The highest BCUT2D eigenvalue weighted by Gasteiger charge is 2.13. The minimum atomic E-state index is 0.0722. The Morgan fingerprint density at radius 1 is 0.786 bits per heavy atom. The lowest BCUT2D eigenvalue weighted by Gasteiger charge is -2.12. The molecule has 0 unspecified atom stereocenters. The third-order valence-electron chi connectivity index (χ3n) is 5.22. The summed E-state index contributed by atoms with van der Waals surface area (Å²) in [5.41, 5.74) is 4.27. The average Bonchev–Trinajstić information content (AvgIpc) is 3.19. The molecule has 0 aliphatic rings. The first-order chi connectivity index (χ1) is 13.8. The minimum Gasteiger partial charge on any atom is -0.287 e. The molecular formula is C25H18N2O. The van der Waals surface area contributed by atoms with Crippen molar-refractivity contribution in [2.45, 2.75) is 6.42 Å². The van der Waals surface area contributed by atoms with Crippen LogP contribution in [0, 0.1) is 0 Å². The van der Waals surface area contributed by atoms with Crippen molar-refractivity contribution in [1.82, 2.24) is 9.55 Å². The van der Waals surface area contributed by atoms with Crippen LogP contribution in [0.3, 0.4) is 0 Å². The van der Waals surface area contributed by atoms with Crippen molar-refractivity contribution in [2.24, 2.45) is 0 Å². The van der Waals surface area contributed by atoms with Crippen molar-refractivity contribution in [3.05, 3.63) is 103 Å². The van der Waals surface area contributed by atoms with E-state index in [4.69, 9.17) is 0 Å². The number of benzene rings is 3. The highest BCUT2D eigenvalue weighted by molar-refractivity contribution is 6.01. The fourth-order valence-corrected chi connectivity index (χ4v) is 3.85. The average molecular weight is 362 g/mol. The Kier molecular flexibility index (Phi) is 3.99. The van der Waals surface area contributed by atoms with E-state index in [1.807, 2.05) is 60.8 Å². The predicted octanol–water partition coefficient (Wildman–Crippen LogP) is 5.74. The third kappa shape index (κ3) is 2.78. The molecule has 0 aliphatic carbocycles. The normalized spacial score (nSPS) is 11.1. The summed E-state index contributed by atoms with van der Waals surface area (Å²) in [5, 5.41) is 3.34. The van der Waals surface area contributed by atoms with Crippen molar-refractivity contribution < 1.29 is 4.79 Å². The fraction of sp³-hybridized carbons (Fsp3) is 0.0400. The molecule has 0 aliphatic heterocycles. The maximum atomic E-state index is 13.0. The number of nitrogens with zero attached hydrogens (tertiary/aromatic N) is 2. The van der Waals surface area contributed by atoms with E-state index in [2.05, 4.69) is 29.2 Å². The molecule has 134 valence electrons. The molecule has 0 saturated carbocycles. The van der Waals surface area contributed by atoms with Gasteiger partial charge in [0.25, 0.3) is 0 Å². The van der Waals surface area contributed by atoms with Gasteiger partial charge in [-0.05, 0) is 51.7 Å². The molecular weight excluding hydrogens is 344 g/mol. The standard InChI is InChI=1S/C25H18N2O/c28-25(27-16-13-19-5-1-4-8-24(19)27)17-20-9-10-22(18-11-14-26-15-12-18)23-7-3-2-6-21(20)23/h1-16H,17H2. The molecule has 28 heavy (non-hydrogen) atoms. The number of pyridine rings is 1. The number of fused-ring (bicyclic) bond motifs is 2. The molecule has 2 aromatic heterocycles. The molecule has 2 heterocycles. The van der Waals surface area contributed by atoms with E-state index >= 15 is 0 Å². The zero-order valence-electron chi connectivity index (χ0n) is 15.2. The SMILES string of the molecule is O=C(Cc1ccc(-c2ccncc2)c2ccccc12)n1ccc2ccccc21. The highest BCUT2D eigenvalue weighted by Crippen LogP contribution is 2.31. The summed E-state index contributed by atoms with van der Waals surface area (Å²) in [7, 11) is 0. The quantitative estimate of drug-likeness (QED) is 0.410. The molecule has 3 heteroatoms. The Bertz CT molecular complexity index is 1300. The van der Waals surface area contributed by atoms with Crippen LogP contribution in [0.4, 0.5) is 0 Å². The molecule has 0 fully saturated rings. The number of para-hydroxylation sites is 1. The summed E-state index contributed by atoms with van der Waals surface area (Å²) in [6.45, 7) is 0. The Balaban J connectivity index is 1.58. The second-order valence-electron chi connectivity index (χ2n) is 6.87. The van der Waals surface area contributed by atoms with E-state index in [0.717, 1.165) is 38.4 Å². The van der Waals surface area contributed by atoms with Crippen LogP contribution in [-0.2, 0) is 6.42 Å². The number of hydrogen-bond acceptors (Lipinski definition) is 2. The van der Waals surface area contributed by atoms with E-state index < -0.39 is 0 Å². The highest BCUT2D eigenvalue weighted by atomic mass is 16.2. The van der Waals surface area contributed by atoms with Crippen molar-refractivity contribution in [3.8, 4) is 11.1 Å². The summed E-state index contributed by atoms with van der Waals surface area (Å²) in [5.74, 6) is 0.0722. The molecule has 3 nitrogen and oxygen atoms in total. The van der Waals surface area contributed by atoms with Gasteiger partial charge >= 0.3 is 0 Å². The Hall–Kier alpha value is -3.72. The first-order valence-corrected chi connectivity index (χ1v) is 9.31. The van der Waals surface area contributed by atoms with Crippen molar-refractivity contribution in [1.29, 1.82) is 0 Å². The van der Waals surface area contributed by atoms with Gasteiger partial charge in [-0.1, -0.05) is 54.6 Å². The first kappa shape index (κ1) is 16.5. The summed E-state index contributed by atoms with van der Waals surface area (Å²) >= 11 is 0. The van der Waals surface area contributed by atoms with Crippen molar-refractivity contribution in [3.63, 3.8) is 0 Å². The van der Waals surface area contributed by atoms with E-state index in [1.54, 1.807) is 17.0 Å². The second-order valence-corrected chi connectivity index (χ2v) is 6.87. The maximum absolute atomic E-state index is 13.0. The maximum Gasteiger partial charge on any atom is 0.235 e. The van der Waals surface area contributed by atoms with Gasteiger partial charge in [0.2, 0.25) is 5.91 Å². The Morgan fingerprint density at radius 3 is 2.39 bits per heavy atom. The van der Waals surface area contributed by atoms with Gasteiger partial charge in [-0.15, -0.1) is 0 Å². The lowest BCUT2D eigenvalue weighted by Crippen LogP contribution is -2.12. The van der Waals surface area contributed by atoms with Crippen LogP contribution in [0.2, 0.25) is 0 Å². The van der Waals surface area contributed by atoms with Gasteiger partial charge in [-0.2, -0.15) is 0 Å². The molecule has 0 N–H and O–H groups in total. The fourth-order valence-electron chi connectivity index (χ4n) is 3.85. The summed E-state index contributed by atoms with van der Waals surface area (Å²) in [4.78, 5) is 17.2. The van der Waals surface area contributed by atoms with Crippen LogP contribution in [0.5, 0.6) is 0 Å². The lowest BCUT2D eigenvalue weighted by atomic mass is 9.94. The van der Waals surface area contributed by atoms with E-state index in [-0.39, 0.29) is 5.91 Å². The number of carbonyl (C=O) groups excluding carboxylic acids is 1. The van der Waals surface area contributed by atoms with E-state index in [0.29, 0.717) is 6.42 Å². The number of rotatable bonds is 3. The van der Waals surface area contributed by atoms with Crippen LogP contribution in [-0.4, -0.2) is 15.5 Å². The Labute approximate surface area is 162 Å². The molecule has 5 aromatic rings. The largest absolute Gasteiger partial charge is 0.287 e. The van der Waals surface area contributed by atoms with Crippen LogP contribution in [0.15, 0.2) is 97.5 Å². The molecule has 0 radical (unpaired) electrons. The number of carbonyl (C=O) groups is 1. The van der Waals surface area contributed by atoms with Gasteiger partial charge in [-0.25, -0.2) is 0 Å². The molecule has 5 rings (SSSR count). The monoisotopic (exact) mass is 362 g/mol. The van der Waals surface area contributed by atoms with E-state index in [1.165, 1.54) is 0 Å². The summed E-state index contributed by atoms with van der Waals surface area (Å²) in [6.07, 6.45) is 5.83. The van der Waals surface area contributed by atoms with Gasteiger partial charge < -0.3 is 0 Å². The van der Waals surface area contributed by atoms with Crippen LogP contribution in [0.25, 0.3) is 32.8 Å². The lowest BCUT2D eigenvalue weighted by molar-refractivity contribution is 0.0920. The van der Waals surface area contributed by atoms with Gasteiger partial charge in [0.05, 0.1) is 11.9 Å². The molecule has 0 saturated heterocycles. The van der Waals surface area contributed by atoms with Gasteiger partial charge in [0.15, 0.2) is 0 Å². The number of aromatic nitrogens is 2. The molecule has 0 amide bonds. The third-order valence-corrected chi connectivity index (χ3v) is 5.22.